The van der Waals surface area contributed by atoms with Gasteiger partial charge in [-0.1, -0.05) is 30.3 Å². The van der Waals surface area contributed by atoms with Gasteiger partial charge in [0.15, 0.2) is 0 Å². The van der Waals surface area contributed by atoms with Crippen molar-refractivity contribution < 1.29 is 19.3 Å². The van der Waals surface area contributed by atoms with Crippen LogP contribution in [-0.4, -0.2) is 10.00 Å². The Labute approximate surface area is 145 Å². The van der Waals surface area contributed by atoms with Crippen molar-refractivity contribution >= 4 is 13.4 Å². The summed E-state index contributed by atoms with van der Waals surface area (Å²) in [6.07, 6.45) is 0. The molecule has 3 aromatic carbocycles. The summed E-state index contributed by atoms with van der Waals surface area (Å²) in [4.78, 5) is 9.40. The number of hydrogen-bond acceptors (Lipinski definition) is 3. The number of anilines is 1. The molecule has 0 bridgehead atoms. The zero-order chi connectivity index (χ0) is 17.9. The molecule has 25 heavy (non-hydrogen) atoms. The molecule has 0 amide bonds. The van der Waals surface area contributed by atoms with E-state index in [1.807, 2.05) is 30.3 Å². The van der Waals surface area contributed by atoms with E-state index < -0.39 is 7.67 Å². The van der Waals surface area contributed by atoms with Gasteiger partial charge in [-0.05, 0) is 48.0 Å². The summed E-state index contributed by atoms with van der Waals surface area (Å²) in [5, 5.41) is 12.2. The number of benzene rings is 3. The molecule has 0 aromatic heterocycles. The van der Waals surface area contributed by atoms with E-state index in [1.165, 1.54) is 18.2 Å². The van der Waals surface area contributed by atoms with Crippen molar-refractivity contribution in [2.45, 2.75) is 0 Å². The van der Waals surface area contributed by atoms with Crippen molar-refractivity contribution in [1.29, 1.82) is 0 Å². The maximum Gasteiger partial charge on any atom is 0.360 e. The van der Waals surface area contributed by atoms with Crippen molar-refractivity contribution in [2.75, 3.05) is 5.09 Å². The minimum atomic E-state index is -3.98. The molecule has 5 N–H and O–H groups in total. The first kappa shape index (κ1) is 17.0. The second-order valence-corrected chi connectivity index (χ2v) is 6.88. The van der Waals surface area contributed by atoms with E-state index >= 15 is 0 Å². The summed E-state index contributed by atoms with van der Waals surface area (Å²) < 4.78 is 17.3. The maximum absolute atomic E-state index is 11.5. The third-order valence-corrected chi connectivity index (χ3v) is 3.97. The van der Waals surface area contributed by atoms with E-state index in [1.54, 1.807) is 24.3 Å². The lowest BCUT2D eigenvalue weighted by Crippen LogP contribution is -2.05. The average Bonchev–Trinajstić information content (AvgIpc) is 2.56. The summed E-state index contributed by atoms with van der Waals surface area (Å²) in [7, 11) is -3.98. The molecule has 128 valence electrons. The molecule has 0 saturated heterocycles. The van der Waals surface area contributed by atoms with Crippen LogP contribution in [-0.2, 0) is 4.57 Å². The lowest BCUT2D eigenvalue weighted by Gasteiger charge is -2.15. The number of nitrogens with one attached hydrogen (secondary N) is 1. The molecule has 6 nitrogen and oxygen atoms in total. The Balaban J connectivity index is 1.98. The van der Waals surface area contributed by atoms with Crippen LogP contribution in [0.5, 0.6) is 17.2 Å². The van der Waals surface area contributed by atoms with Gasteiger partial charge in [-0.15, -0.1) is 0 Å². The molecule has 0 radical (unpaired) electrons. The minimum Gasteiger partial charge on any atom is -0.508 e. The van der Waals surface area contributed by atoms with Crippen molar-refractivity contribution in [3.8, 4) is 28.4 Å². The molecular formula is C18H17N2O4P. The van der Waals surface area contributed by atoms with E-state index in [4.69, 9.17) is 10.2 Å². The molecule has 0 aliphatic rings. The monoisotopic (exact) mass is 356 g/mol. The van der Waals surface area contributed by atoms with Gasteiger partial charge in [0.05, 0.1) is 5.69 Å². The van der Waals surface area contributed by atoms with E-state index in [0.717, 1.165) is 0 Å². The number of aromatic hydroxyl groups is 1. The molecule has 0 saturated carbocycles. The summed E-state index contributed by atoms with van der Waals surface area (Å²) in [6, 6.07) is 20.9. The van der Waals surface area contributed by atoms with E-state index in [0.29, 0.717) is 28.3 Å². The molecule has 1 atom stereocenters. The smallest absolute Gasteiger partial charge is 0.360 e. The summed E-state index contributed by atoms with van der Waals surface area (Å²) in [6.45, 7) is 0. The number of para-hydroxylation sites is 1. The fourth-order valence-electron chi connectivity index (χ4n) is 2.39. The zero-order valence-corrected chi connectivity index (χ0v) is 14.1. The molecule has 3 rings (SSSR count). The normalized spacial score (nSPS) is 13.0. The van der Waals surface area contributed by atoms with Crippen LogP contribution >= 0.6 is 7.67 Å². The number of hydrogen-bond donors (Lipinski definition) is 4. The summed E-state index contributed by atoms with van der Waals surface area (Å²) in [5.41, 5.74) is 6.75. The highest BCUT2D eigenvalue weighted by Gasteiger charge is 2.15. The number of phenolic OH excluding ortho intramolecular Hbond substituents is 1. The van der Waals surface area contributed by atoms with Gasteiger partial charge < -0.3 is 19.8 Å². The highest BCUT2D eigenvalue weighted by molar-refractivity contribution is 7.57. The highest BCUT2D eigenvalue weighted by Crippen LogP contribution is 2.39. The predicted octanol–water partition coefficient (Wildman–Crippen LogP) is 4.32. The van der Waals surface area contributed by atoms with Gasteiger partial charge >= 0.3 is 7.67 Å². The van der Waals surface area contributed by atoms with Crippen molar-refractivity contribution in [3.63, 3.8) is 0 Å². The zero-order valence-electron chi connectivity index (χ0n) is 13.2. The van der Waals surface area contributed by atoms with Crippen LogP contribution in [0.2, 0.25) is 0 Å². The largest absolute Gasteiger partial charge is 0.508 e. The SMILES string of the molecule is NP(=O)(O)Nc1ccc(O)cc1-c1cccc(Oc2ccccc2)c1. The maximum atomic E-state index is 11.5. The standard InChI is InChI=1S/C18H17N2O4P/c19-25(22,23)20-18-10-9-14(21)12-17(18)13-5-4-8-16(11-13)24-15-6-2-1-3-7-15/h1-12,21H,(H4,19,20,22,23). The minimum absolute atomic E-state index is 0.0275. The molecule has 0 spiro atoms. The predicted molar refractivity (Wildman–Crippen MR) is 97.7 cm³/mol. The number of phenols is 1. The second-order valence-electron chi connectivity index (χ2n) is 5.41. The fraction of sp³-hybridized carbons (Fsp3) is 0. The molecule has 0 aliphatic heterocycles. The van der Waals surface area contributed by atoms with E-state index in [2.05, 4.69) is 5.09 Å². The van der Waals surface area contributed by atoms with Crippen molar-refractivity contribution in [2.24, 2.45) is 5.50 Å². The third-order valence-electron chi connectivity index (χ3n) is 3.41. The first-order chi connectivity index (χ1) is 11.9. The number of rotatable bonds is 5. The van der Waals surface area contributed by atoms with Gasteiger partial charge in [0, 0.05) is 5.56 Å². The highest BCUT2D eigenvalue weighted by atomic mass is 31.2. The Morgan fingerprint density at radius 1 is 0.920 bits per heavy atom. The molecule has 3 aromatic rings. The van der Waals surface area contributed by atoms with Gasteiger partial charge in [-0.25, -0.2) is 10.1 Å². The Kier molecular flexibility index (Phi) is 4.76. The molecule has 0 aliphatic carbocycles. The van der Waals surface area contributed by atoms with Crippen LogP contribution < -0.4 is 15.3 Å². The summed E-state index contributed by atoms with van der Waals surface area (Å²) >= 11 is 0. The van der Waals surface area contributed by atoms with Crippen molar-refractivity contribution in [3.05, 3.63) is 72.8 Å². The van der Waals surface area contributed by atoms with Gasteiger partial charge in [0.2, 0.25) is 0 Å². The molecular weight excluding hydrogens is 339 g/mol. The van der Waals surface area contributed by atoms with Crippen LogP contribution in [0.1, 0.15) is 0 Å². The Morgan fingerprint density at radius 3 is 2.36 bits per heavy atom. The fourth-order valence-corrected chi connectivity index (χ4v) is 2.93. The van der Waals surface area contributed by atoms with Gasteiger partial charge in [-0.3, -0.25) is 0 Å². The molecule has 1 unspecified atom stereocenters. The van der Waals surface area contributed by atoms with Crippen LogP contribution in [0.3, 0.4) is 0 Å². The van der Waals surface area contributed by atoms with Crippen LogP contribution in [0.15, 0.2) is 72.8 Å². The molecule has 0 heterocycles. The quantitative estimate of drug-likeness (QED) is 0.401. The molecule has 0 fully saturated rings. The first-order valence-corrected chi connectivity index (χ1v) is 9.20. The average molecular weight is 356 g/mol. The van der Waals surface area contributed by atoms with Gasteiger partial charge in [-0.2, -0.15) is 0 Å². The third kappa shape index (κ3) is 4.61. The Hall–Kier alpha value is -2.79. The molecule has 7 heteroatoms. The van der Waals surface area contributed by atoms with E-state index in [-0.39, 0.29) is 5.75 Å². The number of ether oxygens (including phenoxy) is 1. The second kappa shape index (κ2) is 6.99. The summed E-state index contributed by atoms with van der Waals surface area (Å²) in [5.74, 6) is 1.31. The number of nitrogens with two attached hydrogens (primary N) is 1. The lowest BCUT2D eigenvalue weighted by molar-refractivity contribution is 0.475. The Morgan fingerprint density at radius 2 is 1.64 bits per heavy atom. The lowest BCUT2D eigenvalue weighted by atomic mass is 10.0. The van der Waals surface area contributed by atoms with Crippen LogP contribution in [0, 0.1) is 0 Å². The van der Waals surface area contributed by atoms with Gasteiger partial charge in [0.1, 0.15) is 17.2 Å². The van der Waals surface area contributed by atoms with E-state index in [9.17, 15) is 14.6 Å². The van der Waals surface area contributed by atoms with Crippen LogP contribution in [0.25, 0.3) is 11.1 Å². The Bertz CT molecular complexity index is 925. The topological polar surface area (TPSA) is 105 Å². The van der Waals surface area contributed by atoms with Crippen molar-refractivity contribution in [1.82, 2.24) is 0 Å². The van der Waals surface area contributed by atoms with Crippen LogP contribution in [0.4, 0.5) is 5.69 Å². The van der Waals surface area contributed by atoms with Gasteiger partial charge in [0.25, 0.3) is 0 Å². The first-order valence-electron chi connectivity index (χ1n) is 7.47.